The molecule has 0 spiro atoms. The van der Waals surface area contributed by atoms with E-state index < -0.39 is 5.41 Å². The fraction of sp³-hybridized carbons (Fsp3) is 0.0213. The van der Waals surface area contributed by atoms with Crippen molar-refractivity contribution in [2.24, 2.45) is 0 Å². The van der Waals surface area contributed by atoms with Crippen LogP contribution in [0.1, 0.15) is 22.3 Å². The summed E-state index contributed by atoms with van der Waals surface area (Å²) in [6.45, 7) is 0. The van der Waals surface area contributed by atoms with Gasteiger partial charge in [-0.3, -0.25) is 0 Å². The number of nitrogens with zero attached hydrogens (tertiary/aromatic N) is 1. The smallest absolute Gasteiger partial charge is 0.0714 e. The molecule has 1 aromatic heterocycles. The van der Waals surface area contributed by atoms with Gasteiger partial charge in [0.1, 0.15) is 0 Å². The first-order valence-corrected chi connectivity index (χ1v) is 17.6. The topological polar surface area (TPSA) is 4.93 Å². The molecule has 0 fully saturated rings. The van der Waals surface area contributed by atoms with Crippen LogP contribution in [0.25, 0.3) is 60.5 Å². The molecule has 0 saturated carbocycles. The van der Waals surface area contributed by atoms with Gasteiger partial charge in [-0.15, -0.1) is 0 Å². The van der Waals surface area contributed by atoms with Crippen LogP contribution in [0.5, 0.6) is 0 Å². The van der Waals surface area contributed by atoms with E-state index in [9.17, 15) is 0 Å². The van der Waals surface area contributed by atoms with Gasteiger partial charge in [0, 0.05) is 20.9 Å². The highest BCUT2D eigenvalue weighted by atomic mass is 79.9. The Morgan fingerprint density at radius 2 is 1.08 bits per heavy atom. The van der Waals surface area contributed by atoms with E-state index in [2.05, 4.69) is 202 Å². The monoisotopic (exact) mass is 687 g/mol. The molecule has 0 unspecified atom stereocenters. The van der Waals surface area contributed by atoms with Crippen molar-refractivity contribution in [2.45, 2.75) is 5.41 Å². The van der Waals surface area contributed by atoms with Crippen LogP contribution in [0.2, 0.25) is 0 Å². The molecule has 0 aliphatic heterocycles. The van der Waals surface area contributed by atoms with E-state index in [1.807, 2.05) is 0 Å². The lowest BCUT2D eigenvalue weighted by Gasteiger charge is -2.34. The Kier molecular flexibility index (Phi) is 6.31. The molecule has 0 radical (unpaired) electrons. The largest absolute Gasteiger partial charge is 0.309 e. The van der Waals surface area contributed by atoms with E-state index in [-0.39, 0.29) is 0 Å². The highest BCUT2D eigenvalue weighted by molar-refractivity contribution is 9.10. The van der Waals surface area contributed by atoms with Crippen molar-refractivity contribution in [1.29, 1.82) is 0 Å². The van der Waals surface area contributed by atoms with Gasteiger partial charge in [-0.05, 0) is 85.6 Å². The molecule has 1 aliphatic carbocycles. The van der Waals surface area contributed by atoms with E-state index in [1.54, 1.807) is 0 Å². The Hall–Kier alpha value is -5.70. The molecule has 230 valence electrons. The number of benzene rings is 8. The number of hydrogen-bond donors (Lipinski definition) is 0. The average Bonchev–Trinajstić information content (AvgIpc) is 3.66. The van der Waals surface area contributed by atoms with Crippen LogP contribution < -0.4 is 0 Å². The van der Waals surface area contributed by atoms with Crippen molar-refractivity contribution >= 4 is 48.5 Å². The van der Waals surface area contributed by atoms with Gasteiger partial charge in [0.15, 0.2) is 0 Å². The standard InChI is InChI=1S/C47H30BrN/c48-43-22-12-10-18-36(43)32-23-26-40-45(29-32)49(44-28-24-31-13-7-8-19-37(31)46(40)44)35-25-27-39-38-20-9-11-21-41(38)47(42(39)30-35,33-14-3-1-4-15-33)34-16-5-2-6-17-34/h1-30H. The third-order valence-electron chi connectivity index (χ3n) is 10.5. The van der Waals surface area contributed by atoms with Crippen molar-refractivity contribution in [3.05, 3.63) is 209 Å². The first-order valence-electron chi connectivity index (χ1n) is 16.8. The number of hydrogen-bond acceptors (Lipinski definition) is 0. The lowest BCUT2D eigenvalue weighted by atomic mass is 9.67. The second-order valence-electron chi connectivity index (χ2n) is 13.0. The van der Waals surface area contributed by atoms with Crippen LogP contribution in [0, 0.1) is 0 Å². The van der Waals surface area contributed by atoms with Crippen molar-refractivity contribution in [2.75, 3.05) is 0 Å². The molecule has 10 rings (SSSR count). The van der Waals surface area contributed by atoms with E-state index in [0.29, 0.717) is 0 Å². The zero-order chi connectivity index (χ0) is 32.5. The van der Waals surface area contributed by atoms with Crippen LogP contribution in [0.3, 0.4) is 0 Å². The van der Waals surface area contributed by atoms with Crippen LogP contribution in [0.15, 0.2) is 186 Å². The predicted molar refractivity (Wildman–Crippen MR) is 209 cm³/mol. The van der Waals surface area contributed by atoms with Crippen molar-refractivity contribution < 1.29 is 0 Å². The van der Waals surface area contributed by atoms with Crippen LogP contribution >= 0.6 is 15.9 Å². The maximum absolute atomic E-state index is 3.83. The summed E-state index contributed by atoms with van der Waals surface area (Å²) < 4.78 is 3.58. The summed E-state index contributed by atoms with van der Waals surface area (Å²) in [5, 5.41) is 5.06. The lowest BCUT2D eigenvalue weighted by molar-refractivity contribution is 0.767. The van der Waals surface area contributed by atoms with Crippen molar-refractivity contribution in [3.63, 3.8) is 0 Å². The summed E-state index contributed by atoms with van der Waals surface area (Å²) >= 11 is 3.83. The first-order chi connectivity index (χ1) is 24.2. The maximum Gasteiger partial charge on any atom is 0.0714 e. The van der Waals surface area contributed by atoms with Gasteiger partial charge >= 0.3 is 0 Å². The molecule has 0 amide bonds. The summed E-state index contributed by atoms with van der Waals surface area (Å²) in [6, 6.07) is 67.0. The number of aromatic nitrogens is 1. The van der Waals surface area contributed by atoms with Gasteiger partial charge < -0.3 is 4.57 Å². The highest BCUT2D eigenvalue weighted by Crippen LogP contribution is 2.56. The van der Waals surface area contributed by atoms with Crippen LogP contribution in [-0.2, 0) is 5.41 Å². The molecule has 1 heterocycles. The third-order valence-corrected chi connectivity index (χ3v) is 11.2. The fourth-order valence-corrected chi connectivity index (χ4v) is 9.01. The Bertz CT molecular complexity index is 2680. The fourth-order valence-electron chi connectivity index (χ4n) is 8.50. The Labute approximate surface area is 293 Å². The van der Waals surface area contributed by atoms with Gasteiger partial charge in [0.2, 0.25) is 0 Å². The normalized spacial score (nSPS) is 13.2. The highest BCUT2D eigenvalue weighted by Gasteiger charge is 2.46. The molecule has 0 N–H and O–H groups in total. The Balaban J connectivity index is 1.33. The minimum absolute atomic E-state index is 0.462. The van der Waals surface area contributed by atoms with E-state index in [4.69, 9.17) is 0 Å². The molecule has 1 aliphatic rings. The lowest BCUT2D eigenvalue weighted by Crippen LogP contribution is -2.28. The number of fused-ring (bicyclic) bond motifs is 8. The summed E-state index contributed by atoms with van der Waals surface area (Å²) in [5.41, 5.74) is 13.2. The van der Waals surface area contributed by atoms with E-state index in [0.717, 1.165) is 10.2 Å². The summed E-state index contributed by atoms with van der Waals surface area (Å²) in [5.74, 6) is 0. The Morgan fingerprint density at radius 1 is 0.429 bits per heavy atom. The van der Waals surface area contributed by atoms with E-state index in [1.165, 1.54) is 77.1 Å². The average molecular weight is 689 g/mol. The molecule has 9 aromatic rings. The molecule has 2 heteroatoms. The molecule has 1 nitrogen and oxygen atoms in total. The predicted octanol–water partition coefficient (Wildman–Crippen LogP) is 12.7. The van der Waals surface area contributed by atoms with Gasteiger partial charge in [-0.25, -0.2) is 0 Å². The summed E-state index contributed by atoms with van der Waals surface area (Å²) in [6.07, 6.45) is 0. The minimum Gasteiger partial charge on any atom is -0.309 e. The van der Waals surface area contributed by atoms with Gasteiger partial charge in [0.05, 0.1) is 16.4 Å². The molecular weight excluding hydrogens is 658 g/mol. The molecule has 0 saturated heterocycles. The van der Waals surface area contributed by atoms with Crippen molar-refractivity contribution in [1.82, 2.24) is 4.57 Å². The number of halogens is 1. The first kappa shape index (κ1) is 28.3. The molecular formula is C47H30BrN. The van der Waals surface area contributed by atoms with E-state index >= 15 is 0 Å². The second-order valence-corrected chi connectivity index (χ2v) is 13.8. The second kappa shape index (κ2) is 10.9. The SMILES string of the molecule is Brc1ccccc1-c1ccc2c3c4ccccc4ccc3n(-c3ccc4c(c3)C(c3ccccc3)(c3ccccc3)c3ccccc3-4)c2c1. The molecule has 0 atom stereocenters. The Morgan fingerprint density at radius 3 is 1.86 bits per heavy atom. The maximum atomic E-state index is 3.83. The van der Waals surface area contributed by atoms with Gasteiger partial charge in [0.25, 0.3) is 0 Å². The molecule has 8 aromatic carbocycles. The minimum atomic E-state index is -0.462. The zero-order valence-electron chi connectivity index (χ0n) is 26.6. The van der Waals surface area contributed by atoms with Crippen LogP contribution in [0.4, 0.5) is 0 Å². The molecule has 49 heavy (non-hydrogen) atoms. The number of rotatable bonds is 4. The van der Waals surface area contributed by atoms with Crippen LogP contribution in [-0.4, -0.2) is 4.57 Å². The van der Waals surface area contributed by atoms with Crippen molar-refractivity contribution in [3.8, 4) is 27.9 Å². The quantitative estimate of drug-likeness (QED) is 0.173. The summed E-state index contributed by atoms with van der Waals surface area (Å²) in [7, 11) is 0. The molecule has 0 bridgehead atoms. The van der Waals surface area contributed by atoms with Gasteiger partial charge in [-0.2, -0.15) is 0 Å². The van der Waals surface area contributed by atoms with Gasteiger partial charge in [-0.1, -0.05) is 168 Å². The zero-order valence-corrected chi connectivity index (χ0v) is 28.2. The third kappa shape index (κ3) is 4.05. The summed E-state index contributed by atoms with van der Waals surface area (Å²) in [4.78, 5) is 0.